The van der Waals surface area contributed by atoms with Crippen molar-refractivity contribution >= 4 is 29.0 Å². The van der Waals surface area contributed by atoms with Gasteiger partial charge in [0.05, 0.1) is 17.0 Å². The van der Waals surface area contributed by atoms with Gasteiger partial charge in [-0.1, -0.05) is 0 Å². The summed E-state index contributed by atoms with van der Waals surface area (Å²) in [6.45, 7) is 12.1. The van der Waals surface area contributed by atoms with Crippen LogP contribution in [0.5, 0.6) is 0 Å². The summed E-state index contributed by atoms with van der Waals surface area (Å²) in [5.74, 6) is 0.199. The third-order valence-corrected chi connectivity index (χ3v) is 6.80. The Bertz CT molecular complexity index is 988. The minimum atomic E-state index is -0.697. The maximum atomic E-state index is 13.4. The molecule has 0 bridgehead atoms. The fourth-order valence-corrected chi connectivity index (χ4v) is 4.71. The number of anilines is 1. The number of aliphatic hydroxyl groups excluding tert-OH is 1. The first kappa shape index (κ1) is 24.1. The van der Waals surface area contributed by atoms with Crippen LogP contribution in [0.3, 0.4) is 0 Å². The van der Waals surface area contributed by atoms with Crippen LogP contribution < -0.4 is 10.6 Å². The number of rotatable bonds is 7. The standard InChI is InChI=1S/C23H33N5O3S/c1-12(2)25-18-10-13(3)17(11-24-18)20-19(23(31)28-9-7-8-14(28)4)27-22(32-20)21(30)26-15(5)16(6)29/h10-12,14-16,29H,7-9H2,1-6H3,(H,24,25)(H,26,30)/t14-,15+,16+/m0/s1. The fourth-order valence-electron chi connectivity index (χ4n) is 3.67. The molecule has 32 heavy (non-hydrogen) atoms. The molecule has 0 unspecified atom stereocenters. The first-order valence-electron chi connectivity index (χ1n) is 11.1. The predicted octanol–water partition coefficient (Wildman–Crippen LogP) is 3.46. The Hall–Kier alpha value is -2.52. The van der Waals surface area contributed by atoms with Gasteiger partial charge in [0.1, 0.15) is 11.5 Å². The van der Waals surface area contributed by atoms with E-state index in [1.54, 1.807) is 20.0 Å². The molecule has 1 aliphatic heterocycles. The minimum Gasteiger partial charge on any atom is -0.391 e. The molecule has 3 atom stereocenters. The molecule has 3 heterocycles. The molecule has 3 rings (SSSR count). The number of hydrogen-bond acceptors (Lipinski definition) is 7. The average molecular weight is 460 g/mol. The molecule has 9 heteroatoms. The summed E-state index contributed by atoms with van der Waals surface area (Å²) in [5.41, 5.74) is 2.02. The molecule has 0 spiro atoms. The summed E-state index contributed by atoms with van der Waals surface area (Å²) in [5, 5.41) is 16.0. The minimum absolute atomic E-state index is 0.140. The molecule has 2 aromatic heterocycles. The van der Waals surface area contributed by atoms with Crippen LogP contribution in [-0.2, 0) is 0 Å². The number of hydrogen-bond donors (Lipinski definition) is 3. The van der Waals surface area contributed by atoms with E-state index in [2.05, 4.69) is 20.6 Å². The Morgan fingerprint density at radius 1 is 1.28 bits per heavy atom. The Balaban J connectivity index is 2.02. The van der Waals surface area contributed by atoms with Gasteiger partial charge in [-0.25, -0.2) is 9.97 Å². The summed E-state index contributed by atoms with van der Waals surface area (Å²) in [7, 11) is 0. The van der Waals surface area contributed by atoms with Gasteiger partial charge in [0, 0.05) is 30.4 Å². The second-order valence-corrected chi connectivity index (χ2v) is 9.87. The Morgan fingerprint density at radius 3 is 2.56 bits per heavy atom. The lowest BCUT2D eigenvalue weighted by molar-refractivity contribution is 0.0743. The van der Waals surface area contributed by atoms with E-state index >= 15 is 0 Å². The van der Waals surface area contributed by atoms with E-state index in [1.165, 1.54) is 11.3 Å². The van der Waals surface area contributed by atoms with Crippen LogP contribution in [0.1, 0.15) is 73.3 Å². The predicted molar refractivity (Wildman–Crippen MR) is 127 cm³/mol. The molecule has 1 saturated heterocycles. The average Bonchev–Trinajstić information content (AvgIpc) is 3.33. The molecule has 0 radical (unpaired) electrons. The number of pyridine rings is 1. The first-order chi connectivity index (χ1) is 15.1. The van der Waals surface area contributed by atoms with Crippen molar-refractivity contribution < 1.29 is 14.7 Å². The van der Waals surface area contributed by atoms with E-state index in [0.29, 0.717) is 11.4 Å². The van der Waals surface area contributed by atoms with Gasteiger partial charge in [0.25, 0.3) is 11.8 Å². The first-order valence-corrected chi connectivity index (χ1v) is 11.9. The Morgan fingerprint density at radius 2 is 2.00 bits per heavy atom. The van der Waals surface area contributed by atoms with Crippen LogP contribution >= 0.6 is 11.3 Å². The SMILES string of the molecule is Cc1cc(NC(C)C)ncc1-c1sc(C(=O)N[C@H](C)[C@@H](C)O)nc1C(=O)N1CCC[C@@H]1C. The molecular weight excluding hydrogens is 426 g/mol. The van der Waals surface area contributed by atoms with Gasteiger partial charge in [-0.05, 0) is 66.0 Å². The smallest absolute Gasteiger partial charge is 0.280 e. The molecule has 2 amide bonds. The zero-order valence-corrected chi connectivity index (χ0v) is 20.4. The second kappa shape index (κ2) is 9.95. The van der Waals surface area contributed by atoms with Crippen LogP contribution in [0.15, 0.2) is 12.3 Å². The lowest BCUT2D eigenvalue weighted by Gasteiger charge is -2.21. The van der Waals surface area contributed by atoms with Crippen molar-refractivity contribution in [3.8, 4) is 10.4 Å². The highest BCUT2D eigenvalue weighted by molar-refractivity contribution is 7.17. The van der Waals surface area contributed by atoms with Gasteiger partial charge < -0.3 is 20.6 Å². The number of carbonyl (C=O) groups is 2. The van der Waals surface area contributed by atoms with Crippen LogP contribution in [0.25, 0.3) is 10.4 Å². The van der Waals surface area contributed by atoms with Gasteiger partial charge in [-0.3, -0.25) is 9.59 Å². The van der Waals surface area contributed by atoms with Crippen LogP contribution in [0, 0.1) is 6.92 Å². The van der Waals surface area contributed by atoms with Crippen LogP contribution in [0.4, 0.5) is 5.82 Å². The van der Waals surface area contributed by atoms with E-state index < -0.39 is 18.1 Å². The summed E-state index contributed by atoms with van der Waals surface area (Å²) in [6, 6.07) is 1.90. The number of aryl methyl sites for hydroxylation is 1. The zero-order chi connectivity index (χ0) is 23.6. The van der Waals surface area contributed by atoms with Crippen molar-refractivity contribution in [3.05, 3.63) is 28.5 Å². The van der Waals surface area contributed by atoms with Crippen molar-refractivity contribution in [2.45, 2.75) is 78.6 Å². The molecule has 1 aliphatic rings. The molecule has 1 fully saturated rings. The third kappa shape index (κ3) is 5.27. The molecule has 0 aromatic carbocycles. The summed E-state index contributed by atoms with van der Waals surface area (Å²) >= 11 is 1.18. The number of nitrogens with one attached hydrogen (secondary N) is 2. The number of thiazole rings is 1. The number of carbonyl (C=O) groups excluding carboxylic acids is 2. The van der Waals surface area contributed by atoms with Crippen molar-refractivity contribution in [1.82, 2.24) is 20.2 Å². The lowest BCUT2D eigenvalue weighted by atomic mass is 10.1. The van der Waals surface area contributed by atoms with Crippen molar-refractivity contribution in [2.75, 3.05) is 11.9 Å². The van der Waals surface area contributed by atoms with Gasteiger partial charge in [-0.2, -0.15) is 0 Å². The number of aliphatic hydroxyl groups is 1. The Labute approximate surface area is 193 Å². The van der Waals surface area contributed by atoms with E-state index in [-0.39, 0.29) is 28.7 Å². The summed E-state index contributed by atoms with van der Waals surface area (Å²) in [4.78, 5) is 37.7. The van der Waals surface area contributed by atoms with Crippen molar-refractivity contribution in [3.63, 3.8) is 0 Å². The summed E-state index contributed by atoms with van der Waals surface area (Å²) in [6.07, 6.45) is 2.96. The van der Waals surface area contributed by atoms with Crippen LogP contribution in [0.2, 0.25) is 0 Å². The third-order valence-electron chi connectivity index (χ3n) is 5.71. The van der Waals surface area contributed by atoms with Crippen LogP contribution in [-0.4, -0.2) is 62.6 Å². The molecule has 3 N–H and O–H groups in total. The molecule has 174 valence electrons. The van der Waals surface area contributed by atoms with Gasteiger partial charge >= 0.3 is 0 Å². The van der Waals surface area contributed by atoms with E-state index in [9.17, 15) is 14.7 Å². The maximum absolute atomic E-state index is 13.4. The lowest BCUT2D eigenvalue weighted by Crippen LogP contribution is -2.39. The van der Waals surface area contributed by atoms with E-state index in [4.69, 9.17) is 0 Å². The van der Waals surface area contributed by atoms with E-state index in [0.717, 1.165) is 29.8 Å². The zero-order valence-electron chi connectivity index (χ0n) is 19.6. The number of amides is 2. The quantitative estimate of drug-likeness (QED) is 0.585. The van der Waals surface area contributed by atoms with Gasteiger partial charge in [0.2, 0.25) is 0 Å². The maximum Gasteiger partial charge on any atom is 0.280 e. The van der Waals surface area contributed by atoms with Crippen molar-refractivity contribution in [2.24, 2.45) is 0 Å². The highest BCUT2D eigenvalue weighted by Gasteiger charge is 2.32. The molecule has 0 saturated carbocycles. The molecular formula is C23H33N5O3S. The molecule has 8 nitrogen and oxygen atoms in total. The van der Waals surface area contributed by atoms with Gasteiger partial charge in [0.15, 0.2) is 5.01 Å². The van der Waals surface area contributed by atoms with Gasteiger partial charge in [-0.15, -0.1) is 11.3 Å². The Kier molecular flexibility index (Phi) is 7.51. The monoisotopic (exact) mass is 459 g/mol. The largest absolute Gasteiger partial charge is 0.391 e. The second-order valence-electron chi connectivity index (χ2n) is 8.87. The molecule has 0 aliphatic carbocycles. The highest BCUT2D eigenvalue weighted by Crippen LogP contribution is 2.35. The highest BCUT2D eigenvalue weighted by atomic mass is 32.1. The normalized spacial score (nSPS) is 18.0. The molecule has 2 aromatic rings. The number of nitrogens with zero attached hydrogens (tertiary/aromatic N) is 3. The topological polar surface area (TPSA) is 107 Å². The van der Waals surface area contributed by atoms with Crippen molar-refractivity contribution in [1.29, 1.82) is 0 Å². The number of likely N-dealkylation sites (tertiary alicyclic amines) is 1. The van der Waals surface area contributed by atoms with E-state index in [1.807, 2.05) is 38.7 Å². The fraction of sp³-hybridized carbons (Fsp3) is 0.565. The number of aromatic nitrogens is 2. The summed E-state index contributed by atoms with van der Waals surface area (Å²) < 4.78 is 0.